The van der Waals surface area contributed by atoms with E-state index in [1.165, 1.54) is 6.33 Å². The molecule has 2 fully saturated rings. The summed E-state index contributed by atoms with van der Waals surface area (Å²) in [4.78, 5) is 38.7. The predicted molar refractivity (Wildman–Crippen MR) is 187 cm³/mol. The van der Waals surface area contributed by atoms with Gasteiger partial charge in [-0.1, -0.05) is 48.5 Å². The fraction of sp³-hybridized carbons (Fsp3) is 0.342. The molecule has 0 aliphatic carbocycles. The molecular formula is C38H41N7O4. The largest absolute Gasteiger partial charge is 0.457 e. The average molecular weight is 660 g/mol. The fourth-order valence-corrected chi connectivity index (χ4v) is 6.84. The Hall–Kier alpha value is -5.45. The van der Waals surface area contributed by atoms with E-state index < -0.39 is 0 Å². The van der Waals surface area contributed by atoms with E-state index in [0.717, 1.165) is 61.3 Å². The van der Waals surface area contributed by atoms with E-state index in [2.05, 4.69) is 9.97 Å². The number of carbonyl (C=O) groups excluding carboxylic acids is 2. The monoisotopic (exact) mass is 659 g/mol. The van der Waals surface area contributed by atoms with E-state index in [0.29, 0.717) is 54.5 Å². The minimum Gasteiger partial charge on any atom is -0.457 e. The molecule has 2 amide bonds. The molecule has 0 saturated carbocycles. The summed E-state index contributed by atoms with van der Waals surface area (Å²) < 4.78 is 13.4. The lowest BCUT2D eigenvalue weighted by Crippen LogP contribution is -2.41. The van der Waals surface area contributed by atoms with Crippen LogP contribution in [0.2, 0.25) is 0 Å². The second-order valence-electron chi connectivity index (χ2n) is 12.8. The van der Waals surface area contributed by atoms with Gasteiger partial charge in [0.1, 0.15) is 35.9 Å². The summed E-state index contributed by atoms with van der Waals surface area (Å²) in [6, 6.07) is 27.1. The van der Waals surface area contributed by atoms with Crippen molar-refractivity contribution in [3.63, 3.8) is 0 Å². The number of para-hydroxylation sites is 1. The average Bonchev–Trinajstić information content (AvgIpc) is 3.55. The minimum absolute atomic E-state index is 0.0333. The molecule has 2 aliphatic rings. The van der Waals surface area contributed by atoms with Crippen LogP contribution in [-0.2, 0) is 16.1 Å². The number of nitrogens with two attached hydrogens (primary N) is 1. The third-order valence-corrected chi connectivity index (χ3v) is 9.56. The molecule has 0 unspecified atom stereocenters. The normalized spacial score (nSPS) is 16.9. The molecule has 0 bridgehead atoms. The van der Waals surface area contributed by atoms with E-state index in [9.17, 15) is 9.59 Å². The van der Waals surface area contributed by atoms with Crippen LogP contribution in [0.5, 0.6) is 11.5 Å². The van der Waals surface area contributed by atoms with Gasteiger partial charge >= 0.3 is 6.09 Å². The van der Waals surface area contributed by atoms with Crippen LogP contribution in [-0.4, -0.2) is 67.7 Å². The van der Waals surface area contributed by atoms with Crippen molar-refractivity contribution in [1.29, 1.82) is 0 Å². The number of fused-ring (bicyclic) bond motifs is 1. The second kappa shape index (κ2) is 14.8. The number of likely N-dealkylation sites (tertiary alicyclic amines) is 2. The van der Waals surface area contributed by atoms with Gasteiger partial charge in [0.2, 0.25) is 5.91 Å². The maximum atomic E-state index is 13.5. The molecule has 11 heteroatoms. The van der Waals surface area contributed by atoms with Gasteiger partial charge in [0.25, 0.3) is 0 Å². The molecule has 7 rings (SSSR count). The summed E-state index contributed by atoms with van der Waals surface area (Å²) in [6.07, 6.45) is 6.01. The zero-order valence-corrected chi connectivity index (χ0v) is 27.5. The zero-order chi connectivity index (χ0) is 33.6. The highest BCUT2D eigenvalue weighted by atomic mass is 16.6. The van der Waals surface area contributed by atoms with Gasteiger partial charge in [-0.15, -0.1) is 0 Å². The van der Waals surface area contributed by atoms with Crippen molar-refractivity contribution in [2.75, 3.05) is 31.9 Å². The summed E-state index contributed by atoms with van der Waals surface area (Å²) in [5, 5.41) is 5.74. The maximum absolute atomic E-state index is 13.5. The van der Waals surface area contributed by atoms with Crippen molar-refractivity contribution in [1.82, 2.24) is 29.5 Å². The molecule has 11 nitrogen and oxygen atoms in total. The molecule has 2 N–H and O–H groups in total. The van der Waals surface area contributed by atoms with E-state index in [-0.39, 0.29) is 24.6 Å². The molecule has 1 atom stereocenters. The molecule has 2 aromatic heterocycles. The lowest BCUT2D eigenvalue weighted by molar-refractivity contribution is -0.133. The number of benzene rings is 3. The molecule has 4 heterocycles. The minimum atomic E-state index is -0.270. The van der Waals surface area contributed by atoms with Gasteiger partial charge in [-0.2, -0.15) is 5.10 Å². The number of anilines is 1. The third kappa shape index (κ3) is 7.51. The molecule has 252 valence electrons. The second-order valence-corrected chi connectivity index (χ2v) is 12.8. The Kier molecular flexibility index (Phi) is 9.67. The Morgan fingerprint density at radius 1 is 0.816 bits per heavy atom. The van der Waals surface area contributed by atoms with Crippen molar-refractivity contribution >= 4 is 28.9 Å². The predicted octanol–water partition coefficient (Wildman–Crippen LogP) is 6.86. The first-order valence-electron chi connectivity index (χ1n) is 17.1. The van der Waals surface area contributed by atoms with Crippen LogP contribution < -0.4 is 10.5 Å². The Morgan fingerprint density at radius 2 is 1.53 bits per heavy atom. The van der Waals surface area contributed by atoms with Crippen molar-refractivity contribution in [3.8, 4) is 22.8 Å². The van der Waals surface area contributed by atoms with E-state index in [4.69, 9.17) is 20.3 Å². The molecule has 3 aromatic carbocycles. The number of piperidine rings is 2. The summed E-state index contributed by atoms with van der Waals surface area (Å²) in [5.74, 6) is 2.42. The number of nitrogens with zero attached hydrogens (tertiary/aromatic N) is 6. The molecule has 5 aromatic rings. The highest BCUT2D eigenvalue weighted by molar-refractivity contribution is 5.98. The van der Waals surface area contributed by atoms with E-state index in [1.54, 1.807) is 4.90 Å². The van der Waals surface area contributed by atoms with E-state index in [1.807, 2.05) is 94.5 Å². The summed E-state index contributed by atoms with van der Waals surface area (Å²) in [6.45, 7) is 2.88. The summed E-state index contributed by atoms with van der Waals surface area (Å²) in [7, 11) is 0. The van der Waals surface area contributed by atoms with Crippen LogP contribution in [0.15, 0.2) is 91.3 Å². The Morgan fingerprint density at radius 3 is 2.29 bits per heavy atom. The fourth-order valence-electron chi connectivity index (χ4n) is 6.84. The first-order chi connectivity index (χ1) is 24.0. The number of nitrogen functional groups attached to an aromatic ring is 1. The lowest BCUT2D eigenvalue weighted by atomic mass is 9.92. The van der Waals surface area contributed by atoms with Gasteiger partial charge < -0.3 is 25.0 Å². The molecule has 0 spiro atoms. The van der Waals surface area contributed by atoms with Gasteiger partial charge in [0.05, 0.1) is 11.4 Å². The van der Waals surface area contributed by atoms with Crippen molar-refractivity contribution in [3.05, 3.63) is 96.8 Å². The molecule has 2 saturated heterocycles. The third-order valence-electron chi connectivity index (χ3n) is 9.56. The number of hydrogen-bond acceptors (Lipinski definition) is 8. The highest BCUT2D eigenvalue weighted by Gasteiger charge is 2.30. The quantitative estimate of drug-likeness (QED) is 0.182. The number of rotatable bonds is 9. The van der Waals surface area contributed by atoms with Crippen LogP contribution in [0.3, 0.4) is 0 Å². The van der Waals surface area contributed by atoms with Crippen LogP contribution in [0.1, 0.15) is 50.1 Å². The summed E-state index contributed by atoms with van der Waals surface area (Å²) >= 11 is 0. The highest BCUT2D eigenvalue weighted by Crippen LogP contribution is 2.35. The van der Waals surface area contributed by atoms with Gasteiger partial charge in [0, 0.05) is 38.2 Å². The number of aromatic nitrogens is 4. The zero-order valence-electron chi connectivity index (χ0n) is 27.5. The van der Waals surface area contributed by atoms with Gasteiger partial charge in [-0.25, -0.2) is 19.4 Å². The summed E-state index contributed by atoms with van der Waals surface area (Å²) in [5.41, 5.74) is 9.63. The van der Waals surface area contributed by atoms with Crippen LogP contribution in [0.25, 0.3) is 22.3 Å². The van der Waals surface area contributed by atoms with E-state index >= 15 is 0 Å². The molecular weight excluding hydrogens is 618 g/mol. The Labute approximate surface area is 285 Å². The standard InChI is InChI=1S/C38H41N7O4/c39-36-34-35(29-14-16-32(17-15-29)49-31-11-5-2-6-12-31)42-45(37(34)41-26-40-36)30-10-7-21-44(24-30)33(46)18-13-27-19-22-43(23-20-27)38(47)48-25-28-8-3-1-4-9-28/h1-6,8-9,11-12,14-17,26-27,30H,7,10,13,18-25H2,(H2,39,40,41)/t30-/m1/s1. The number of carbonyl (C=O) groups is 2. The molecule has 0 radical (unpaired) electrons. The lowest BCUT2D eigenvalue weighted by Gasteiger charge is -2.34. The van der Waals surface area contributed by atoms with Gasteiger partial charge in [-0.05, 0) is 80.0 Å². The molecule has 2 aliphatic heterocycles. The first kappa shape index (κ1) is 32.1. The van der Waals surface area contributed by atoms with Crippen molar-refractivity contribution in [2.45, 2.75) is 51.2 Å². The Bertz CT molecular complexity index is 1870. The number of amides is 2. The topological polar surface area (TPSA) is 129 Å². The molecule has 49 heavy (non-hydrogen) atoms. The Balaban J connectivity index is 0.956. The SMILES string of the molecule is Nc1ncnc2c1c(-c1ccc(Oc3ccccc3)cc1)nn2[C@@H]1CCCN(C(=O)CCC2CCN(C(=O)OCc3ccccc3)CC2)C1. The maximum Gasteiger partial charge on any atom is 0.410 e. The van der Waals surface area contributed by atoms with Crippen LogP contribution in [0, 0.1) is 5.92 Å². The van der Waals surface area contributed by atoms with Crippen LogP contribution in [0.4, 0.5) is 10.6 Å². The van der Waals surface area contributed by atoms with Crippen LogP contribution >= 0.6 is 0 Å². The smallest absolute Gasteiger partial charge is 0.410 e. The number of ether oxygens (including phenoxy) is 2. The van der Waals surface area contributed by atoms with Crippen molar-refractivity contribution in [2.24, 2.45) is 5.92 Å². The first-order valence-corrected chi connectivity index (χ1v) is 17.1. The van der Waals surface area contributed by atoms with Crippen molar-refractivity contribution < 1.29 is 19.1 Å². The van der Waals surface area contributed by atoms with Gasteiger partial charge in [0.15, 0.2) is 5.65 Å². The van der Waals surface area contributed by atoms with Gasteiger partial charge in [-0.3, -0.25) is 4.79 Å². The number of hydrogen-bond donors (Lipinski definition) is 1.